The molecule has 2 N–H and O–H groups in total. The Kier molecular flexibility index (Phi) is 5.44. The minimum absolute atomic E-state index is 0.0709. The average molecular weight is 332 g/mol. The van der Waals surface area contributed by atoms with Crippen LogP contribution in [0.1, 0.15) is 18.5 Å². The van der Waals surface area contributed by atoms with Gasteiger partial charge in [0.1, 0.15) is 0 Å². The highest BCUT2D eigenvalue weighted by atomic mass is 16.5. The minimum atomic E-state index is -0.250. The highest BCUT2D eigenvalue weighted by Gasteiger charge is 2.37. The van der Waals surface area contributed by atoms with Crippen LogP contribution in [0.5, 0.6) is 0 Å². The Morgan fingerprint density at radius 2 is 2.12 bits per heavy atom. The van der Waals surface area contributed by atoms with Gasteiger partial charge in [0.2, 0.25) is 0 Å². The van der Waals surface area contributed by atoms with Crippen molar-refractivity contribution in [3.8, 4) is 0 Å². The van der Waals surface area contributed by atoms with Crippen LogP contribution in [0.2, 0.25) is 0 Å². The highest BCUT2D eigenvalue weighted by Crippen LogP contribution is 2.28. The molecule has 0 atom stereocenters. The number of rotatable bonds is 2. The number of piperidine rings is 1. The number of morpholine rings is 1. The van der Waals surface area contributed by atoms with Crippen molar-refractivity contribution in [2.75, 3.05) is 32.8 Å². The summed E-state index contributed by atoms with van der Waals surface area (Å²) in [5.41, 5.74) is 2.49. The van der Waals surface area contributed by atoms with Crippen LogP contribution in [0.25, 0.3) is 5.52 Å². The zero-order chi connectivity index (χ0) is 16.8. The second-order valence-corrected chi connectivity index (χ2v) is 6.28. The maximum atomic E-state index is 8.36. The molecule has 2 aliphatic rings. The third-order valence-electron chi connectivity index (χ3n) is 4.73. The first kappa shape index (κ1) is 16.9. The predicted octanol–water partition coefficient (Wildman–Crippen LogP) is 0.990. The standard InChI is InChI=1S/C16H22N4O.CH2O2/c1-2-14-4-7-18-20(14)15(3-1)12-19-10-11-21-16(13-19)5-8-17-9-6-16;2-1-3/h1-4,7,17H,5-6,8-13H2;1H,(H,2,3). The van der Waals surface area contributed by atoms with E-state index in [0.29, 0.717) is 0 Å². The van der Waals surface area contributed by atoms with Gasteiger partial charge in [-0.05, 0) is 44.1 Å². The molecule has 2 saturated heterocycles. The molecule has 2 fully saturated rings. The van der Waals surface area contributed by atoms with E-state index in [9.17, 15) is 0 Å². The summed E-state index contributed by atoms with van der Waals surface area (Å²) < 4.78 is 8.19. The van der Waals surface area contributed by atoms with Gasteiger partial charge in [0, 0.05) is 25.8 Å². The van der Waals surface area contributed by atoms with Crippen molar-refractivity contribution in [1.29, 1.82) is 0 Å². The molecule has 0 amide bonds. The van der Waals surface area contributed by atoms with Gasteiger partial charge in [0.15, 0.2) is 0 Å². The molecule has 0 unspecified atom stereocenters. The molecule has 0 aliphatic carbocycles. The highest BCUT2D eigenvalue weighted by molar-refractivity contribution is 5.46. The van der Waals surface area contributed by atoms with E-state index < -0.39 is 0 Å². The molecule has 0 radical (unpaired) electrons. The fourth-order valence-electron chi connectivity index (χ4n) is 3.60. The van der Waals surface area contributed by atoms with Crippen LogP contribution < -0.4 is 5.32 Å². The fourth-order valence-corrected chi connectivity index (χ4v) is 3.60. The first-order valence-corrected chi connectivity index (χ1v) is 8.33. The lowest BCUT2D eigenvalue weighted by Gasteiger charge is -2.45. The number of carbonyl (C=O) groups is 1. The Balaban J connectivity index is 0.000000526. The smallest absolute Gasteiger partial charge is 0.290 e. The molecule has 130 valence electrons. The minimum Gasteiger partial charge on any atom is -0.483 e. The second-order valence-electron chi connectivity index (χ2n) is 6.28. The van der Waals surface area contributed by atoms with Crippen molar-refractivity contribution >= 4 is 12.0 Å². The lowest BCUT2D eigenvalue weighted by Crippen LogP contribution is -2.56. The third kappa shape index (κ3) is 3.75. The molecular weight excluding hydrogens is 308 g/mol. The molecule has 4 rings (SSSR count). The molecule has 4 heterocycles. The van der Waals surface area contributed by atoms with Crippen LogP contribution in [-0.4, -0.2) is 64.5 Å². The van der Waals surface area contributed by atoms with E-state index in [-0.39, 0.29) is 12.1 Å². The zero-order valence-electron chi connectivity index (χ0n) is 13.7. The van der Waals surface area contributed by atoms with Crippen molar-refractivity contribution < 1.29 is 14.6 Å². The van der Waals surface area contributed by atoms with E-state index in [0.717, 1.165) is 57.7 Å². The monoisotopic (exact) mass is 332 g/mol. The van der Waals surface area contributed by atoms with Gasteiger partial charge in [-0.15, -0.1) is 0 Å². The number of hydrogen-bond acceptors (Lipinski definition) is 5. The molecule has 2 aromatic rings. The number of pyridine rings is 1. The number of ether oxygens (including phenoxy) is 1. The summed E-state index contributed by atoms with van der Waals surface area (Å²) in [6, 6.07) is 8.44. The van der Waals surface area contributed by atoms with E-state index in [1.54, 1.807) is 0 Å². The average Bonchev–Trinajstić information content (AvgIpc) is 3.06. The van der Waals surface area contributed by atoms with E-state index >= 15 is 0 Å². The third-order valence-corrected chi connectivity index (χ3v) is 4.73. The van der Waals surface area contributed by atoms with E-state index in [2.05, 4.69) is 39.6 Å². The molecule has 24 heavy (non-hydrogen) atoms. The van der Waals surface area contributed by atoms with Crippen LogP contribution in [0, 0.1) is 0 Å². The van der Waals surface area contributed by atoms with Crippen molar-refractivity contribution in [2.24, 2.45) is 0 Å². The lowest BCUT2D eigenvalue weighted by molar-refractivity contribution is -0.125. The van der Waals surface area contributed by atoms with Crippen molar-refractivity contribution in [3.63, 3.8) is 0 Å². The van der Waals surface area contributed by atoms with Gasteiger partial charge >= 0.3 is 0 Å². The number of fused-ring (bicyclic) bond motifs is 1. The molecule has 7 nitrogen and oxygen atoms in total. The molecule has 0 aromatic carbocycles. The lowest BCUT2D eigenvalue weighted by atomic mass is 9.90. The zero-order valence-corrected chi connectivity index (χ0v) is 13.7. The summed E-state index contributed by atoms with van der Waals surface area (Å²) in [5.74, 6) is 0. The fraction of sp³-hybridized carbons (Fsp3) is 0.529. The summed E-state index contributed by atoms with van der Waals surface area (Å²) in [5, 5.41) is 14.8. The van der Waals surface area contributed by atoms with Crippen molar-refractivity contribution in [3.05, 3.63) is 36.2 Å². The summed E-state index contributed by atoms with van der Waals surface area (Å²) >= 11 is 0. The first-order valence-electron chi connectivity index (χ1n) is 8.33. The van der Waals surface area contributed by atoms with Crippen LogP contribution in [-0.2, 0) is 16.1 Å². The topological polar surface area (TPSA) is 79.1 Å². The SMILES string of the molecule is O=CO.c1cc(CN2CCOC3(CCNCC3)C2)n2nccc2c1. The van der Waals surface area contributed by atoms with E-state index in [1.165, 1.54) is 5.69 Å². The van der Waals surface area contributed by atoms with Crippen LogP contribution in [0.4, 0.5) is 0 Å². The Morgan fingerprint density at radius 3 is 2.92 bits per heavy atom. The molecule has 0 saturated carbocycles. The quantitative estimate of drug-likeness (QED) is 0.799. The van der Waals surface area contributed by atoms with E-state index in [4.69, 9.17) is 14.6 Å². The van der Waals surface area contributed by atoms with Gasteiger partial charge in [0.25, 0.3) is 6.47 Å². The second kappa shape index (κ2) is 7.74. The first-order chi connectivity index (χ1) is 11.8. The summed E-state index contributed by atoms with van der Waals surface area (Å²) in [7, 11) is 0. The molecule has 0 bridgehead atoms. The van der Waals surface area contributed by atoms with Gasteiger partial charge in [-0.1, -0.05) is 6.07 Å². The summed E-state index contributed by atoms with van der Waals surface area (Å²) in [6.45, 7) is 5.72. The molecule has 2 aliphatic heterocycles. The summed E-state index contributed by atoms with van der Waals surface area (Å²) in [4.78, 5) is 10.9. The number of nitrogens with zero attached hydrogens (tertiary/aromatic N) is 3. The van der Waals surface area contributed by atoms with Gasteiger partial charge < -0.3 is 15.2 Å². The maximum absolute atomic E-state index is 8.36. The van der Waals surface area contributed by atoms with Gasteiger partial charge in [-0.2, -0.15) is 5.10 Å². The number of carboxylic acid groups (broad SMARTS) is 1. The Morgan fingerprint density at radius 1 is 1.33 bits per heavy atom. The number of aromatic nitrogens is 2. The van der Waals surface area contributed by atoms with Crippen molar-refractivity contribution in [1.82, 2.24) is 19.8 Å². The van der Waals surface area contributed by atoms with Gasteiger partial charge in [-0.25, -0.2) is 4.52 Å². The predicted molar refractivity (Wildman–Crippen MR) is 89.9 cm³/mol. The summed E-state index contributed by atoms with van der Waals surface area (Å²) in [6.07, 6.45) is 4.11. The van der Waals surface area contributed by atoms with Crippen molar-refractivity contribution in [2.45, 2.75) is 25.0 Å². The molecular formula is C17H24N4O3. The Hall–Kier alpha value is -1.96. The largest absolute Gasteiger partial charge is 0.483 e. The Bertz CT molecular complexity index is 661. The molecule has 7 heteroatoms. The molecule has 2 aromatic heterocycles. The van der Waals surface area contributed by atoms with Gasteiger partial charge in [-0.3, -0.25) is 9.69 Å². The number of hydrogen-bond donors (Lipinski definition) is 2. The Labute approximate surface area is 141 Å². The molecule has 1 spiro atoms. The van der Waals surface area contributed by atoms with E-state index in [1.807, 2.05) is 10.7 Å². The van der Waals surface area contributed by atoms with Crippen LogP contribution in [0.15, 0.2) is 30.5 Å². The normalized spacial score (nSPS) is 20.5. The van der Waals surface area contributed by atoms with Crippen LogP contribution in [0.3, 0.4) is 0 Å². The van der Waals surface area contributed by atoms with Crippen LogP contribution >= 0.6 is 0 Å². The van der Waals surface area contributed by atoms with Gasteiger partial charge in [0.05, 0.1) is 23.4 Å². The maximum Gasteiger partial charge on any atom is 0.290 e. The number of nitrogens with one attached hydrogen (secondary N) is 1.